The zero-order valence-electron chi connectivity index (χ0n) is 18.7. The quantitative estimate of drug-likeness (QED) is 0.488. The minimum absolute atomic E-state index is 0.138. The third-order valence-electron chi connectivity index (χ3n) is 4.64. The van der Waals surface area contributed by atoms with Crippen molar-refractivity contribution in [2.24, 2.45) is 4.99 Å². The summed E-state index contributed by atoms with van der Waals surface area (Å²) < 4.78 is 5.42. The smallest absolute Gasteiger partial charge is 0.408 e. The zero-order chi connectivity index (χ0) is 22.1. The molecule has 8 heteroatoms. The number of likely N-dealkylation sites (tertiary alicyclic amines) is 1. The van der Waals surface area contributed by atoms with E-state index in [1.54, 1.807) is 4.90 Å². The van der Waals surface area contributed by atoms with Crippen molar-refractivity contribution in [3.05, 3.63) is 35.9 Å². The van der Waals surface area contributed by atoms with E-state index in [-0.39, 0.29) is 18.0 Å². The molecule has 1 aromatic carbocycles. The summed E-state index contributed by atoms with van der Waals surface area (Å²) in [4.78, 5) is 30.5. The summed E-state index contributed by atoms with van der Waals surface area (Å²) in [6, 6.07) is 9.53. The van der Waals surface area contributed by atoms with Crippen LogP contribution in [0.4, 0.5) is 4.79 Å². The molecule has 8 nitrogen and oxygen atoms in total. The number of likely N-dealkylation sites (N-methyl/N-ethyl adjacent to an activating group) is 1. The molecule has 1 saturated heterocycles. The highest BCUT2D eigenvalue weighted by atomic mass is 16.6. The van der Waals surface area contributed by atoms with Crippen LogP contribution in [-0.2, 0) is 9.53 Å². The van der Waals surface area contributed by atoms with Crippen LogP contribution in [0.15, 0.2) is 35.3 Å². The van der Waals surface area contributed by atoms with Gasteiger partial charge >= 0.3 is 6.09 Å². The standard InChI is InChI=1S/C22H35N5O3/c1-6-23-20(25-17-12-13-19(28)27(5)15-17)24-14-18(16-10-8-7-9-11-16)26-21(29)30-22(2,3)4/h7-11,17-18H,6,12-15H2,1-5H3,(H,26,29)(H2,23,24,25). The molecule has 0 aliphatic carbocycles. The first-order chi connectivity index (χ1) is 14.2. The molecule has 0 saturated carbocycles. The number of alkyl carbamates (subject to hydrolysis) is 1. The van der Waals surface area contributed by atoms with Crippen molar-refractivity contribution >= 4 is 18.0 Å². The highest BCUT2D eigenvalue weighted by molar-refractivity contribution is 5.81. The predicted octanol–water partition coefficient (Wildman–Crippen LogP) is 2.43. The highest BCUT2D eigenvalue weighted by Crippen LogP contribution is 2.15. The number of piperidine rings is 1. The molecule has 1 aromatic rings. The van der Waals surface area contributed by atoms with Gasteiger partial charge in [-0.3, -0.25) is 9.79 Å². The molecule has 1 fully saturated rings. The number of rotatable bonds is 6. The summed E-state index contributed by atoms with van der Waals surface area (Å²) >= 11 is 0. The number of ether oxygens (including phenoxy) is 1. The van der Waals surface area contributed by atoms with Crippen LogP contribution in [0.1, 0.15) is 52.1 Å². The molecule has 1 aliphatic rings. The molecule has 2 unspecified atom stereocenters. The fourth-order valence-electron chi connectivity index (χ4n) is 3.20. The van der Waals surface area contributed by atoms with E-state index in [1.165, 1.54) is 0 Å². The summed E-state index contributed by atoms with van der Waals surface area (Å²) in [6.45, 7) is 9.20. The third-order valence-corrected chi connectivity index (χ3v) is 4.64. The number of amides is 2. The molecule has 166 valence electrons. The van der Waals surface area contributed by atoms with Gasteiger partial charge in [0.25, 0.3) is 0 Å². The maximum absolute atomic E-state index is 12.3. The molecule has 0 aromatic heterocycles. The second kappa shape index (κ2) is 10.8. The SMILES string of the molecule is CCNC(=NCC(NC(=O)OC(C)(C)C)c1ccccc1)NC1CCC(=O)N(C)C1. The van der Waals surface area contributed by atoms with Crippen molar-refractivity contribution < 1.29 is 14.3 Å². The highest BCUT2D eigenvalue weighted by Gasteiger charge is 2.24. The molecule has 0 radical (unpaired) electrons. The molecule has 1 aliphatic heterocycles. The maximum Gasteiger partial charge on any atom is 0.408 e. The van der Waals surface area contributed by atoms with E-state index in [1.807, 2.05) is 65.1 Å². The Hall–Kier alpha value is -2.77. The van der Waals surface area contributed by atoms with E-state index in [2.05, 4.69) is 16.0 Å². The topological polar surface area (TPSA) is 95.1 Å². The van der Waals surface area contributed by atoms with Crippen molar-refractivity contribution in [1.29, 1.82) is 0 Å². The summed E-state index contributed by atoms with van der Waals surface area (Å²) in [5.74, 6) is 0.831. The summed E-state index contributed by atoms with van der Waals surface area (Å²) in [7, 11) is 1.82. The van der Waals surface area contributed by atoms with Gasteiger partial charge in [0.1, 0.15) is 5.60 Å². The first-order valence-corrected chi connectivity index (χ1v) is 10.5. The fraction of sp³-hybridized carbons (Fsp3) is 0.591. The summed E-state index contributed by atoms with van der Waals surface area (Å²) in [6.07, 6.45) is 0.823. The second-order valence-corrected chi connectivity index (χ2v) is 8.48. The number of hydrogen-bond donors (Lipinski definition) is 3. The number of carbonyl (C=O) groups excluding carboxylic acids is 2. The Morgan fingerprint density at radius 1 is 1.30 bits per heavy atom. The van der Waals surface area contributed by atoms with Crippen LogP contribution in [-0.4, -0.2) is 61.2 Å². The Balaban J connectivity index is 2.09. The van der Waals surface area contributed by atoms with Crippen LogP contribution in [0.3, 0.4) is 0 Å². The zero-order valence-corrected chi connectivity index (χ0v) is 18.7. The molecular weight excluding hydrogens is 382 g/mol. The van der Waals surface area contributed by atoms with Gasteiger partial charge in [0.2, 0.25) is 5.91 Å². The van der Waals surface area contributed by atoms with Crippen LogP contribution < -0.4 is 16.0 Å². The van der Waals surface area contributed by atoms with Crippen molar-refractivity contribution in [1.82, 2.24) is 20.9 Å². The van der Waals surface area contributed by atoms with Gasteiger partial charge in [-0.05, 0) is 39.7 Å². The molecule has 30 heavy (non-hydrogen) atoms. The van der Waals surface area contributed by atoms with E-state index >= 15 is 0 Å². The molecule has 2 rings (SSSR count). The minimum atomic E-state index is -0.574. The number of guanidine groups is 1. The van der Waals surface area contributed by atoms with E-state index in [4.69, 9.17) is 9.73 Å². The number of nitrogens with zero attached hydrogens (tertiary/aromatic N) is 2. The summed E-state index contributed by atoms with van der Waals surface area (Å²) in [5.41, 5.74) is 0.376. The van der Waals surface area contributed by atoms with Crippen LogP contribution in [0.2, 0.25) is 0 Å². The van der Waals surface area contributed by atoms with Crippen LogP contribution >= 0.6 is 0 Å². The molecular formula is C22H35N5O3. The Morgan fingerprint density at radius 3 is 2.60 bits per heavy atom. The normalized spacial score (nSPS) is 18.6. The van der Waals surface area contributed by atoms with Gasteiger partial charge in [0.05, 0.1) is 12.6 Å². The van der Waals surface area contributed by atoms with Gasteiger partial charge < -0.3 is 25.6 Å². The molecule has 0 spiro atoms. The Kier molecular flexibility index (Phi) is 8.50. The van der Waals surface area contributed by atoms with E-state index in [0.29, 0.717) is 32.0 Å². The van der Waals surface area contributed by atoms with Gasteiger partial charge in [-0.25, -0.2) is 4.79 Å². The predicted molar refractivity (Wildman–Crippen MR) is 118 cm³/mol. The molecule has 1 heterocycles. The van der Waals surface area contributed by atoms with Crippen LogP contribution in [0.5, 0.6) is 0 Å². The maximum atomic E-state index is 12.3. The van der Waals surface area contributed by atoms with Crippen LogP contribution in [0, 0.1) is 0 Å². The molecule has 2 atom stereocenters. The van der Waals surface area contributed by atoms with Gasteiger partial charge in [-0.15, -0.1) is 0 Å². The van der Waals surface area contributed by atoms with Crippen molar-refractivity contribution in [2.45, 2.75) is 58.2 Å². The van der Waals surface area contributed by atoms with Gasteiger partial charge in [-0.2, -0.15) is 0 Å². The lowest BCUT2D eigenvalue weighted by Crippen LogP contribution is -2.51. The van der Waals surface area contributed by atoms with Gasteiger partial charge in [-0.1, -0.05) is 30.3 Å². The van der Waals surface area contributed by atoms with Crippen molar-refractivity contribution in [2.75, 3.05) is 26.7 Å². The van der Waals surface area contributed by atoms with Gasteiger partial charge in [0, 0.05) is 32.6 Å². The van der Waals surface area contributed by atoms with Gasteiger partial charge in [0.15, 0.2) is 5.96 Å². The first kappa shape index (κ1) is 23.5. The second-order valence-electron chi connectivity index (χ2n) is 8.48. The Labute approximate surface area is 179 Å². The number of benzene rings is 1. The molecule has 2 amide bonds. The molecule has 3 N–H and O–H groups in total. The van der Waals surface area contributed by atoms with E-state index < -0.39 is 11.7 Å². The third kappa shape index (κ3) is 7.93. The average molecular weight is 418 g/mol. The van der Waals surface area contributed by atoms with E-state index in [0.717, 1.165) is 12.0 Å². The van der Waals surface area contributed by atoms with Crippen molar-refractivity contribution in [3.8, 4) is 0 Å². The number of carbonyl (C=O) groups is 2. The first-order valence-electron chi connectivity index (χ1n) is 10.5. The lowest BCUT2D eigenvalue weighted by molar-refractivity contribution is -0.132. The monoisotopic (exact) mass is 417 g/mol. The van der Waals surface area contributed by atoms with E-state index in [9.17, 15) is 9.59 Å². The lowest BCUT2D eigenvalue weighted by atomic mass is 10.1. The number of hydrogen-bond acceptors (Lipinski definition) is 4. The fourth-order valence-corrected chi connectivity index (χ4v) is 3.20. The lowest BCUT2D eigenvalue weighted by Gasteiger charge is -2.31. The number of nitrogens with one attached hydrogen (secondary N) is 3. The Bertz CT molecular complexity index is 730. The number of aliphatic imine (C=N–C) groups is 1. The minimum Gasteiger partial charge on any atom is -0.444 e. The average Bonchev–Trinajstić information content (AvgIpc) is 2.67. The largest absolute Gasteiger partial charge is 0.444 e. The summed E-state index contributed by atoms with van der Waals surface area (Å²) in [5, 5.41) is 9.58. The van der Waals surface area contributed by atoms with Crippen LogP contribution in [0.25, 0.3) is 0 Å². The van der Waals surface area contributed by atoms with Crippen molar-refractivity contribution in [3.63, 3.8) is 0 Å². The molecule has 0 bridgehead atoms. The Morgan fingerprint density at radius 2 is 2.00 bits per heavy atom.